The van der Waals surface area contributed by atoms with E-state index in [9.17, 15) is 9.59 Å². The van der Waals surface area contributed by atoms with Gasteiger partial charge < -0.3 is 15.0 Å². The first-order valence-electron chi connectivity index (χ1n) is 10.1. The molecule has 1 aromatic heterocycles. The molecule has 30 heavy (non-hydrogen) atoms. The topological polar surface area (TPSA) is 58.6 Å². The minimum Gasteiger partial charge on any atom is -0.484 e. The van der Waals surface area contributed by atoms with Crippen molar-refractivity contribution in [3.8, 4) is 5.75 Å². The second-order valence-electron chi connectivity index (χ2n) is 7.29. The van der Waals surface area contributed by atoms with E-state index in [1.54, 1.807) is 17.4 Å². The minimum atomic E-state index is -0.0367. The molecule has 1 aliphatic rings. The molecule has 0 aliphatic carbocycles. The molecule has 0 saturated heterocycles. The molecule has 0 spiro atoms. The number of fused-ring (bicyclic) bond motifs is 1. The lowest BCUT2D eigenvalue weighted by atomic mass is 10.0. The van der Waals surface area contributed by atoms with E-state index < -0.39 is 0 Å². The van der Waals surface area contributed by atoms with Gasteiger partial charge in [0, 0.05) is 23.5 Å². The summed E-state index contributed by atoms with van der Waals surface area (Å²) < 4.78 is 5.81. The first-order valence-corrected chi connectivity index (χ1v) is 10.9. The lowest BCUT2D eigenvalue weighted by Gasteiger charge is -2.23. The molecular formula is C24H24N2O3S. The van der Waals surface area contributed by atoms with Gasteiger partial charge >= 0.3 is 0 Å². The molecule has 0 saturated carbocycles. The maximum absolute atomic E-state index is 12.9. The number of anilines is 1. The molecule has 1 N–H and O–H groups in total. The van der Waals surface area contributed by atoms with Crippen molar-refractivity contribution in [3.05, 3.63) is 82.0 Å². The Kier molecular flexibility index (Phi) is 6.44. The number of carbonyl (C=O) groups excluding carboxylic acids is 2. The van der Waals surface area contributed by atoms with E-state index in [1.165, 1.54) is 5.56 Å². The van der Waals surface area contributed by atoms with Gasteiger partial charge in [0.15, 0.2) is 6.61 Å². The standard InChI is InChI=1S/C24H24N2O3S/c27-23-11-8-19-15-20(9-10-22(19)25-23)29-17-24(28)26(16-21-7-4-14-30-21)13-12-18-5-2-1-3-6-18/h1-7,9-10,14-15H,8,11-13,16-17H2,(H,25,27). The monoisotopic (exact) mass is 420 g/mol. The normalized spacial score (nSPS) is 12.7. The summed E-state index contributed by atoms with van der Waals surface area (Å²) in [5, 5.41) is 4.88. The van der Waals surface area contributed by atoms with Gasteiger partial charge in [-0.05, 0) is 53.6 Å². The highest BCUT2D eigenvalue weighted by molar-refractivity contribution is 7.09. The van der Waals surface area contributed by atoms with Gasteiger partial charge in [0.1, 0.15) is 5.75 Å². The van der Waals surface area contributed by atoms with Crippen LogP contribution < -0.4 is 10.1 Å². The Balaban J connectivity index is 1.39. The number of ether oxygens (including phenoxy) is 1. The fourth-order valence-electron chi connectivity index (χ4n) is 3.48. The van der Waals surface area contributed by atoms with E-state index in [2.05, 4.69) is 17.4 Å². The Morgan fingerprint density at radius 3 is 2.73 bits per heavy atom. The van der Waals surface area contributed by atoms with Crippen LogP contribution in [0.1, 0.15) is 22.4 Å². The second-order valence-corrected chi connectivity index (χ2v) is 8.32. The minimum absolute atomic E-state index is 0.00862. The van der Waals surface area contributed by atoms with Crippen LogP contribution in [0.15, 0.2) is 66.0 Å². The van der Waals surface area contributed by atoms with E-state index in [0.29, 0.717) is 31.7 Å². The number of benzene rings is 2. The van der Waals surface area contributed by atoms with Gasteiger partial charge in [0.05, 0.1) is 6.54 Å². The number of thiophene rings is 1. The molecule has 0 bridgehead atoms. The van der Waals surface area contributed by atoms with Gasteiger partial charge in [0.25, 0.3) is 5.91 Å². The zero-order chi connectivity index (χ0) is 20.8. The Bertz CT molecular complexity index is 1000. The maximum atomic E-state index is 12.9. The van der Waals surface area contributed by atoms with Crippen LogP contribution in [-0.4, -0.2) is 29.9 Å². The maximum Gasteiger partial charge on any atom is 0.260 e. The van der Waals surface area contributed by atoms with E-state index in [0.717, 1.165) is 22.5 Å². The fraction of sp³-hybridized carbons (Fsp3) is 0.250. The van der Waals surface area contributed by atoms with Gasteiger partial charge in [-0.1, -0.05) is 36.4 Å². The number of nitrogens with zero attached hydrogens (tertiary/aromatic N) is 1. The van der Waals surface area contributed by atoms with E-state index in [4.69, 9.17) is 4.74 Å². The van der Waals surface area contributed by atoms with E-state index in [1.807, 2.05) is 52.7 Å². The molecule has 0 atom stereocenters. The molecule has 0 radical (unpaired) electrons. The van der Waals surface area contributed by atoms with E-state index in [-0.39, 0.29) is 18.4 Å². The third-order valence-corrected chi connectivity index (χ3v) is 5.99. The summed E-state index contributed by atoms with van der Waals surface area (Å²) in [5.74, 6) is 0.650. The lowest BCUT2D eigenvalue weighted by Crippen LogP contribution is -2.35. The van der Waals surface area contributed by atoms with Gasteiger partial charge in [-0.3, -0.25) is 9.59 Å². The van der Waals surface area contributed by atoms with Crippen molar-refractivity contribution in [2.75, 3.05) is 18.5 Å². The Labute approximate surface area is 180 Å². The van der Waals surface area contributed by atoms with Crippen molar-refractivity contribution < 1.29 is 14.3 Å². The lowest BCUT2D eigenvalue weighted by molar-refractivity contribution is -0.134. The fourth-order valence-corrected chi connectivity index (χ4v) is 4.20. The highest BCUT2D eigenvalue weighted by atomic mass is 32.1. The number of amides is 2. The molecule has 6 heteroatoms. The largest absolute Gasteiger partial charge is 0.484 e. The molecule has 3 aromatic rings. The van der Waals surface area contributed by atoms with Gasteiger partial charge in [-0.2, -0.15) is 0 Å². The second kappa shape index (κ2) is 9.59. The van der Waals surface area contributed by atoms with Crippen molar-refractivity contribution >= 4 is 28.8 Å². The predicted molar refractivity (Wildman–Crippen MR) is 119 cm³/mol. The molecule has 2 aromatic carbocycles. The SMILES string of the molecule is O=C1CCc2cc(OCC(=O)N(CCc3ccccc3)Cc3cccs3)ccc2N1. The average molecular weight is 421 g/mol. The first-order chi connectivity index (χ1) is 14.7. The number of hydrogen-bond acceptors (Lipinski definition) is 4. The number of aryl methyl sites for hydroxylation is 1. The molecular weight excluding hydrogens is 396 g/mol. The number of carbonyl (C=O) groups is 2. The summed E-state index contributed by atoms with van der Waals surface area (Å²) in [6.45, 7) is 1.22. The van der Waals surface area contributed by atoms with Crippen molar-refractivity contribution in [2.45, 2.75) is 25.8 Å². The zero-order valence-electron chi connectivity index (χ0n) is 16.7. The van der Waals surface area contributed by atoms with Crippen LogP contribution in [0.4, 0.5) is 5.69 Å². The van der Waals surface area contributed by atoms with Crippen LogP contribution in [0.5, 0.6) is 5.75 Å². The van der Waals surface area contributed by atoms with Crippen LogP contribution in [0.3, 0.4) is 0 Å². The van der Waals surface area contributed by atoms with Crippen molar-refractivity contribution in [3.63, 3.8) is 0 Å². The summed E-state index contributed by atoms with van der Waals surface area (Å²) in [7, 11) is 0. The van der Waals surface area contributed by atoms with Gasteiger partial charge in [-0.15, -0.1) is 11.3 Å². The zero-order valence-corrected chi connectivity index (χ0v) is 17.5. The molecule has 0 fully saturated rings. The quantitative estimate of drug-likeness (QED) is 0.592. The molecule has 4 rings (SSSR count). The summed E-state index contributed by atoms with van der Waals surface area (Å²) >= 11 is 1.65. The Hall–Kier alpha value is -3.12. The molecule has 5 nitrogen and oxygen atoms in total. The Morgan fingerprint density at radius 1 is 1.07 bits per heavy atom. The molecule has 2 amide bonds. The van der Waals surface area contributed by atoms with Crippen LogP contribution in [-0.2, 0) is 29.0 Å². The average Bonchev–Trinajstić information content (AvgIpc) is 3.29. The van der Waals surface area contributed by atoms with Crippen LogP contribution in [0.2, 0.25) is 0 Å². The molecule has 2 heterocycles. The summed E-state index contributed by atoms with van der Waals surface area (Å²) in [6, 6.07) is 19.8. The molecule has 0 unspecified atom stereocenters. The number of hydrogen-bond donors (Lipinski definition) is 1. The summed E-state index contributed by atoms with van der Waals surface area (Å²) in [4.78, 5) is 27.5. The van der Waals surface area contributed by atoms with Gasteiger partial charge in [0.2, 0.25) is 5.91 Å². The summed E-state index contributed by atoms with van der Waals surface area (Å²) in [5.41, 5.74) is 3.07. The number of nitrogens with one attached hydrogen (secondary N) is 1. The number of rotatable bonds is 8. The first kappa shape index (κ1) is 20.2. The summed E-state index contributed by atoms with van der Waals surface area (Å²) in [6.07, 6.45) is 1.97. The smallest absolute Gasteiger partial charge is 0.260 e. The van der Waals surface area contributed by atoms with Crippen LogP contribution in [0, 0.1) is 0 Å². The van der Waals surface area contributed by atoms with E-state index >= 15 is 0 Å². The van der Waals surface area contributed by atoms with Crippen molar-refractivity contribution in [2.24, 2.45) is 0 Å². The van der Waals surface area contributed by atoms with Crippen molar-refractivity contribution in [1.82, 2.24) is 4.90 Å². The van der Waals surface area contributed by atoms with Gasteiger partial charge in [-0.25, -0.2) is 0 Å². The van der Waals surface area contributed by atoms with Crippen molar-refractivity contribution in [1.29, 1.82) is 0 Å². The van der Waals surface area contributed by atoms with Crippen LogP contribution in [0.25, 0.3) is 0 Å². The molecule has 1 aliphatic heterocycles. The van der Waals surface area contributed by atoms with Crippen LogP contribution >= 0.6 is 11.3 Å². The highest BCUT2D eigenvalue weighted by Crippen LogP contribution is 2.26. The Morgan fingerprint density at radius 2 is 1.93 bits per heavy atom. The third kappa shape index (κ3) is 5.27. The predicted octanol–water partition coefficient (Wildman–Crippen LogP) is 4.28. The molecule has 154 valence electrons. The third-order valence-electron chi connectivity index (χ3n) is 5.13. The highest BCUT2D eigenvalue weighted by Gasteiger charge is 2.18.